The third-order valence-electron chi connectivity index (χ3n) is 9.73. The zero-order valence-corrected chi connectivity index (χ0v) is 34.3. The van der Waals surface area contributed by atoms with Crippen molar-refractivity contribution in [2.24, 2.45) is 4.99 Å². The molecule has 0 aliphatic carbocycles. The smallest absolute Gasteiger partial charge is 0.343 e. The minimum absolute atomic E-state index is 0.275. The number of hydrogen-bond donors (Lipinski definition) is 0. The number of carbonyl (C=O) groups excluding carboxylic acids is 2. The average Bonchev–Trinajstić information content (AvgIpc) is 3.26. The highest BCUT2D eigenvalue weighted by Gasteiger charge is 2.14. The Morgan fingerprint density at radius 3 is 1.52 bits per heavy atom. The number of methoxy groups -OCH3 is 1. The highest BCUT2D eigenvalue weighted by atomic mass is 16.6. The van der Waals surface area contributed by atoms with Crippen LogP contribution in [0.5, 0.6) is 28.7 Å². The van der Waals surface area contributed by atoms with Crippen LogP contribution in [0.2, 0.25) is 0 Å². The lowest BCUT2D eigenvalue weighted by Gasteiger charge is -2.11. The first-order valence-electron chi connectivity index (χ1n) is 20.8. The second-order valence-corrected chi connectivity index (χ2v) is 14.3. The molecule has 0 spiro atoms. The molecule has 0 aliphatic rings. The Morgan fingerprint density at radius 2 is 0.966 bits per heavy atom. The zero-order chi connectivity index (χ0) is 40.8. The van der Waals surface area contributed by atoms with E-state index in [0.29, 0.717) is 40.5 Å². The van der Waals surface area contributed by atoms with Gasteiger partial charge in [-0.2, -0.15) is 0 Å². The fourth-order valence-electron chi connectivity index (χ4n) is 6.30. The van der Waals surface area contributed by atoms with Crippen molar-refractivity contribution < 1.29 is 33.3 Å². The van der Waals surface area contributed by atoms with Crippen molar-refractivity contribution in [3.63, 3.8) is 0 Å². The molecular weight excluding hydrogens is 727 g/mol. The van der Waals surface area contributed by atoms with Gasteiger partial charge < -0.3 is 23.7 Å². The number of ether oxygens (including phenoxy) is 5. The summed E-state index contributed by atoms with van der Waals surface area (Å²) in [6, 6.07) is 34.5. The Balaban J connectivity index is 1.09. The minimum Gasteiger partial charge on any atom is -0.494 e. The van der Waals surface area contributed by atoms with E-state index in [1.807, 2.05) is 42.5 Å². The third kappa shape index (κ3) is 14.2. The molecule has 5 aromatic carbocycles. The van der Waals surface area contributed by atoms with E-state index >= 15 is 0 Å². The molecule has 0 unspecified atom stereocenters. The Kier molecular flexibility index (Phi) is 17.9. The monoisotopic (exact) mass is 783 g/mol. The van der Waals surface area contributed by atoms with Crippen LogP contribution >= 0.6 is 0 Å². The van der Waals surface area contributed by atoms with Crippen LogP contribution in [0.1, 0.15) is 117 Å². The van der Waals surface area contributed by atoms with E-state index in [0.717, 1.165) is 48.5 Å². The SMILES string of the molecule is CCCCCCCCOc1ccc(C(=O)Oc2ccc(N=Cc3ccc(OC)c(OC(=O)c4ccc(-c5ccc(OCCCCCCCC)cc5)cc4)c3)cc2)cc1. The van der Waals surface area contributed by atoms with E-state index < -0.39 is 11.9 Å². The first-order valence-corrected chi connectivity index (χ1v) is 20.8. The fraction of sp³-hybridized carbons (Fsp3) is 0.340. The number of unbranched alkanes of at least 4 members (excludes halogenated alkanes) is 10. The summed E-state index contributed by atoms with van der Waals surface area (Å²) < 4.78 is 28.6. The first kappa shape index (κ1) is 43.2. The number of carbonyl (C=O) groups is 2. The fourth-order valence-corrected chi connectivity index (χ4v) is 6.30. The van der Waals surface area contributed by atoms with Gasteiger partial charge in [-0.05, 0) is 121 Å². The summed E-state index contributed by atoms with van der Waals surface area (Å²) in [6.45, 7) is 5.84. The van der Waals surface area contributed by atoms with E-state index in [4.69, 9.17) is 23.7 Å². The van der Waals surface area contributed by atoms with Gasteiger partial charge in [0.1, 0.15) is 17.2 Å². The molecule has 5 rings (SSSR count). The quantitative estimate of drug-likeness (QED) is 0.0266. The second-order valence-electron chi connectivity index (χ2n) is 14.3. The predicted molar refractivity (Wildman–Crippen MR) is 233 cm³/mol. The standard InChI is InChI=1S/C50H57NO7/c1-4-6-8-10-12-14-34-55-44-27-21-40(22-28-44)39-17-19-41(20-18-39)50(53)58-48-36-38(16-33-47(48)54-3)37-51-43-25-31-46(32-26-43)57-49(52)42-23-29-45(30-24-42)56-35-15-13-11-9-7-5-2/h16-33,36-37H,4-15,34-35H2,1-3H3. The topological polar surface area (TPSA) is 92.7 Å². The number of benzene rings is 5. The van der Waals surface area contributed by atoms with Gasteiger partial charge in [0.2, 0.25) is 0 Å². The molecule has 0 saturated carbocycles. The van der Waals surface area contributed by atoms with Crippen molar-refractivity contribution in [2.75, 3.05) is 20.3 Å². The summed E-state index contributed by atoms with van der Waals surface area (Å²) in [5, 5.41) is 0. The van der Waals surface area contributed by atoms with Crippen LogP contribution < -0.4 is 23.7 Å². The van der Waals surface area contributed by atoms with Gasteiger partial charge in [-0.3, -0.25) is 4.99 Å². The molecule has 5 aromatic rings. The summed E-state index contributed by atoms with van der Waals surface area (Å²) in [5.41, 5.74) is 4.21. The van der Waals surface area contributed by atoms with Crippen LogP contribution in [0.25, 0.3) is 11.1 Å². The van der Waals surface area contributed by atoms with Gasteiger partial charge in [-0.15, -0.1) is 0 Å². The molecule has 0 amide bonds. The number of hydrogen-bond acceptors (Lipinski definition) is 8. The molecule has 8 heteroatoms. The molecule has 58 heavy (non-hydrogen) atoms. The van der Waals surface area contributed by atoms with E-state index in [2.05, 4.69) is 18.8 Å². The summed E-state index contributed by atoms with van der Waals surface area (Å²) in [6.07, 6.45) is 16.3. The van der Waals surface area contributed by atoms with Crippen molar-refractivity contribution in [3.8, 4) is 39.9 Å². The molecule has 0 atom stereocenters. The normalized spacial score (nSPS) is 11.0. The Labute approximate surface area is 344 Å². The van der Waals surface area contributed by atoms with Crippen molar-refractivity contribution in [1.82, 2.24) is 0 Å². The van der Waals surface area contributed by atoms with Gasteiger partial charge in [-0.25, -0.2) is 9.59 Å². The van der Waals surface area contributed by atoms with E-state index in [1.54, 1.807) is 79.0 Å². The van der Waals surface area contributed by atoms with Gasteiger partial charge in [0.25, 0.3) is 0 Å². The maximum absolute atomic E-state index is 13.2. The number of esters is 2. The van der Waals surface area contributed by atoms with Crippen LogP contribution in [0.15, 0.2) is 120 Å². The van der Waals surface area contributed by atoms with Crippen LogP contribution in [0, 0.1) is 0 Å². The highest BCUT2D eigenvalue weighted by Crippen LogP contribution is 2.30. The lowest BCUT2D eigenvalue weighted by atomic mass is 10.0. The van der Waals surface area contributed by atoms with Crippen LogP contribution in [0.4, 0.5) is 5.69 Å². The molecule has 0 heterocycles. The third-order valence-corrected chi connectivity index (χ3v) is 9.73. The Morgan fingerprint density at radius 1 is 0.500 bits per heavy atom. The maximum Gasteiger partial charge on any atom is 0.343 e. The lowest BCUT2D eigenvalue weighted by Crippen LogP contribution is -2.09. The van der Waals surface area contributed by atoms with Gasteiger partial charge in [0, 0.05) is 6.21 Å². The zero-order valence-electron chi connectivity index (χ0n) is 34.3. The summed E-state index contributed by atoms with van der Waals surface area (Å²) in [4.78, 5) is 30.5. The highest BCUT2D eigenvalue weighted by molar-refractivity contribution is 5.93. The molecule has 0 radical (unpaired) electrons. The molecule has 8 nitrogen and oxygen atoms in total. The average molecular weight is 784 g/mol. The van der Waals surface area contributed by atoms with E-state index in [9.17, 15) is 9.59 Å². The summed E-state index contributed by atoms with van der Waals surface area (Å²) >= 11 is 0. The van der Waals surface area contributed by atoms with Crippen molar-refractivity contribution in [3.05, 3.63) is 132 Å². The molecule has 0 aliphatic heterocycles. The molecule has 0 N–H and O–H groups in total. The summed E-state index contributed by atoms with van der Waals surface area (Å²) in [7, 11) is 1.52. The number of aliphatic imine (C=N–C) groups is 1. The molecule has 0 saturated heterocycles. The van der Waals surface area contributed by atoms with Gasteiger partial charge in [-0.1, -0.05) is 102 Å². The maximum atomic E-state index is 13.2. The number of rotatable bonds is 24. The van der Waals surface area contributed by atoms with Crippen LogP contribution in [0.3, 0.4) is 0 Å². The van der Waals surface area contributed by atoms with Crippen molar-refractivity contribution in [1.29, 1.82) is 0 Å². The molecule has 0 bridgehead atoms. The van der Waals surface area contributed by atoms with Gasteiger partial charge >= 0.3 is 11.9 Å². The second kappa shape index (κ2) is 24.0. The molecule has 0 aromatic heterocycles. The summed E-state index contributed by atoms with van der Waals surface area (Å²) in [5.74, 6) is 1.73. The molecule has 0 fully saturated rings. The number of nitrogens with zero attached hydrogens (tertiary/aromatic N) is 1. The molecular formula is C50H57NO7. The van der Waals surface area contributed by atoms with E-state index in [-0.39, 0.29) is 5.75 Å². The van der Waals surface area contributed by atoms with Gasteiger partial charge in [0.15, 0.2) is 11.5 Å². The predicted octanol–water partition coefficient (Wildman–Crippen LogP) is 13.0. The first-order chi connectivity index (χ1) is 28.4. The van der Waals surface area contributed by atoms with E-state index in [1.165, 1.54) is 64.9 Å². The lowest BCUT2D eigenvalue weighted by molar-refractivity contribution is 0.0722. The molecule has 304 valence electrons. The Hall–Kier alpha value is -5.89. The van der Waals surface area contributed by atoms with Gasteiger partial charge in [0.05, 0.1) is 37.1 Å². The van der Waals surface area contributed by atoms with Crippen LogP contribution in [-0.2, 0) is 0 Å². The minimum atomic E-state index is -0.504. The van der Waals surface area contributed by atoms with Crippen molar-refractivity contribution in [2.45, 2.75) is 90.9 Å². The Bertz CT molecular complexity index is 2000. The van der Waals surface area contributed by atoms with Crippen LogP contribution in [-0.4, -0.2) is 38.5 Å². The van der Waals surface area contributed by atoms with Crippen molar-refractivity contribution >= 4 is 23.8 Å². The largest absolute Gasteiger partial charge is 0.494 e.